The molecular weight excluding hydrogens is 462 g/mol. The molecule has 35 heavy (non-hydrogen) atoms. The number of anilines is 1. The zero-order chi connectivity index (χ0) is 24.2. The number of imide groups is 1. The maximum atomic E-state index is 13.9. The Balaban J connectivity index is 1.41. The molecule has 0 saturated carbocycles. The molecule has 6 nitrogen and oxygen atoms in total. The van der Waals surface area contributed by atoms with Crippen LogP contribution in [0.1, 0.15) is 16.7 Å². The van der Waals surface area contributed by atoms with E-state index in [1.165, 1.54) is 4.90 Å². The molecule has 0 radical (unpaired) electrons. The van der Waals surface area contributed by atoms with Crippen LogP contribution in [0.2, 0.25) is 5.02 Å². The Hall–Kier alpha value is -3.48. The predicted molar refractivity (Wildman–Crippen MR) is 133 cm³/mol. The van der Waals surface area contributed by atoms with Gasteiger partial charge >= 0.3 is 0 Å². The van der Waals surface area contributed by atoms with Gasteiger partial charge in [-0.1, -0.05) is 72.3 Å². The third kappa shape index (κ3) is 3.39. The molecule has 4 atom stereocenters. The summed E-state index contributed by atoms with van der Waals surface area (Å²) in [5, 5.41) is 6.86. The largest absolute Gasteiger partial charge is 0.324 e. The Morgan fingerprint density at radius 1 is 0.857 bits per heavy atom. The molecule has 0 aromatic heterocycles. The summed E-state index contributed by atoms with van der Waals surface area (Å²) in [7, 11) is 0. The lowest BCUT2D eigenvalue weighted by molar-refractivity contribution is -0.142. The van der Waals surface area contributed by atoms with E-state index < -0.39 is 17.4 Å². The molecular formula is C28H24ClN3O3. The summed E-state index contributed by atoms with van der Waals surface area (Å²) in [6.45, 7) is 0.285. The van der Waals surface area contributed by atoms with E-state index in [0.29, 0.717) is 29.1 Å². The van der Waals surface area contributed by atoms with Gasteiger partial charge in [-0.05, 0) is 42.2 Å². The molecule has 6 rings (SSSR count). The highest BCUT2D eigenvalue weighted by Crippen LogP contribution is 2.53. The molecule has 2 saturated heterocycles. The number of hydrogen-bond acceptors (Lipinski definition) is 4. The summed E-state index contributed by atoms with van der Waals surface area (Å²) in [6, 6.07) is 24.4. The fourth-order valence-electron chi connectivity index (χ4n) is 5.98. The molecule has 3 aromatic rings. The molecule has 3 aromatic carbocycles. The Kier molecular flexibility index (Phi) is 5.24. The molecule has 0 aliphatic carbocycles. The summed E-state index contributed by atoms with van der Waals surface area (Å²) in [6.07, 6.45) is 1.09. The number of likely N-dealkylation sites (tertiary alicyclic amines) is 1. The molecule has 3 aliphatic heterocycles. The molecule has 1 spiro atoms. The summed E-state index contributed by atoms with van der Waals surface area (Å²) < 4.78 is 0. The second-order valence-corrected chi connectivity index (χ2v) is 9.90. The van der Waals surface area contributed by atoms with Crippen LogP contribution in [0.4, 0.5) is 5.69 Å². The third-order valence-corrected chi connectivity index (χ3v) is 7.77. The maximum absolute atomic E-state index is 13.9. The first-order chi connectivity index (χ1) is 17.0. The normalized spacial score (nSPS) is 26.8. The molecule has 0 unspecified atom stereocenters. The van der Waals surface area contributed by atoms with E-state index in [1.54, 1.807) is 18.2 Å². The van der Waals surface area contributed by atoms with Gasteiger partial charge in [-0.25, -0.2) is 0 Å². The van der Waals surface area contributed by atoms with Crippen molar-refractivity contribution in [3.63, 3.8) is 0 Å². The lowest BCUT2D eigenvalue weighted by atomic mass is 9.76. The fourth-order valence-corrected chi connectivity index (χ4v) is 6.15. The number of hydrogen-bond donors (Lipinski definition) is 2. The van der Waals surface area contributed by atoms with Crippen LogP contribution in [0.15, 0.2) is 78.9 Å². The topological polar surface area (TPSA) is 78.5 Å². The van der Waals surface area contributed by atoms with Gasteiger partial charge in [0, 0.05) is 28.9 Å². The molecule has 2 N–H and O–H groups in total. The minimum atomic E-state index is -1.33. The number of rotatable bonds is 5. The zero-order valence-corrected chi connectivity index (χ0v) is 19.7. The number of benzene rings is 3. The number of carbonyl (C=O) groups excluding carboxylic acids is 3. The van der Waals surface area contributed by atoms with Crippen LogP contribution < -0.4 is 10.6 Å². The van der Waals surface area contributed by atoms with Crippen LogP contribution in [0.3, 0.4) is 0 Å². The van der Waals surface area contributed by atoms with Crippen molar-refractivity contribution in [2.75, 3.05) is 11.9 Å². The van der Waals surface area contributed by atoms with Gasteiger partial charge in [0.15, 0.2) is 0 Å². The predicted octanol–water partition coefficient (Wildman–Crippen LogP) is 3.55. The van der Waals surface area contributed by atoms with Crippen molar-refractivity contribution in [3.8, 4) is 0 Å². The molecule has 2 fully saturated rings. The number of amides is 3. The summed E-state index contributed by atoms with van der Waals surface area (Å²) >= 11 is 6.32. The van der Waals surface area contributed by atoms with E-state index in [-0.39, 0.29) is 30.3 Å². The first-order valence-electron chi connectivity index (χ1n) is 11.8. The maximum Gasteiger partial charge on any atom is 0.250 e. The van der Waals surface area contributed by atoms with E-state index in [9.17, 15) is 14.4 Å². The Bertz CT molecular complexity index is 1330. The number of halogens is 1. The quantitative estimate of drug-likeness (QED) is 0.542. The number of nitrogens with zero attached hydrogens (tertiary/aromatic N) is 1. The monoisotopic (exact) mass is 485 g/mol. The first-order valence-corrected chi connectivity index (χ1v) is 12.2. The smallest absolute Gasteiger partial charge is 0.250 e. The molecule has 0 bridgehead atoms. The van der Waals surface area contributed by atoms with Gasteiger partial charge in [0.1, 0.15) is 5.54 Å². The van der Waals surface area contributed by atoms with Gasteiger partial charge in [-0.15, -0.1) is 0 Å². The highest BCUT2D eigenvalue weighted by molar-refractivity contribution is 6.31. The second-order valence-electron chi connectivity index (χ2n) is 9.46. The first kappa shape index (κ1) is 22.0. The van der Waals surface area contributed by atoms with Crippen molar-refractivity contribution in [1.82, 2.24) is 10.2 Å². The van der Waals surface area contributed by atoms with E-state index in [2.05, 4.69) is 10.6 Å². The van der Waals surface area contributed by atoms with E-state index in [4.69, 9.17) is 11.6 Å². The average Bonchev–Trinajstić information content (AvgIpc) is 3.44. The molecule has 3 aliphatic rings. The minimum absolute atomic E-state index is 0.218. The number of nitrogens with one attached hydrogen (secondary N) is 2. The summed E-state index contributed by atoms with van der Waals surface area (Å²) in [4.78, 5) is 42.5. The molecule has 7 heteroatoms. The van der Waals surface area contributed by atoms with Gasteiger partial charge in [0.05, 0.1) is 11.8 Å². The van der Waals surface area contributed by atoms with Crippen LogP contribution in [0.5, 0.6) is 0 Å². The summed E-state index contributed by atoms with van der Waals surface area (Å²) in [5.41, 5.74) is 2.00. The van der Waals surface area contributed by atoms with Gasteiger partial charge in [0.2, 0.25) is 17.7 Å². The minimum Gasteiger partial charge on any atom is -0.324 e. The molecule has 3 heterocycles. The highest BCUT2D eigenvalue weighted by Gasteiger charge is 2.70. The standard InChI is InChI=1S/C28H24ClN3O3/c29-19-11-12-21-20(16-19)28(27(35)30-21)24-23(22(31-28)15-18-9-5-2-6-10-18)25(33)32(26(24)34)14-13-17-7-3-1-4-8-17/h1-12,16,22-24,31H,13-15H2,(H,30,35)/t22-,23+,24-,28-/m0/s1. The second kappa shape index (κ2) is 8.33. The van der Waals surface area contributed by atoms with Gasteiger partial charge in [0.25, 0.3) is 0 Å². The Morgan fingerprint density at radius 2 is 1.54 bits per heavy atom. The van der Waals surface area contributed by atoms with Crippen LogP contribution in [0, 0.1) is 11.8 Å². The Morgan fingerprint density at radius 3 is 2.26 bits per heavy atom. The SMILES string of the molecule is O=C1[C@@H]2[C@H](Cc3ccccc3)N[C@]3(C(=O)Nc4ccc(Cl)cc43)[C@@H]2C(=O)N1CCc1ccccc1. The van der Waals surface area contributed by atoms with Crippen molar-refractivity contribution in [2.45, 2.75) is 24.4 Å². The van der Waals surface area contributed by atoms with E-state index in [0.717, 1.165) is 11.1 Å². The van der Waals surface area contributed by atoms with Crippen molar-refractivity contribution < 1.29 is 14.4 Å². The van der Waals surface area contributed by atoms with Crippen LogP contribution in [-0.2, 0) is 32.8 Å². The van der Waals surface area contributed by atoms with E-state index in [1.807, 2.05) is 60.7 Å². The zero-order valence-electron chi connectivity index (χ0n) is 18.9. The van der Waals surface area contributed by atoms with Crippen molar-refractivity contribution in [1.29, 1.82) is 0 Å². The van der Waals surface area contributed by atoms with Crippen LogP contribution in [-0.4, -0.2) is 35.2 Å². The van der Waals surface area contributed by atoms with Crippen molar-refractivity contribution in [2.24, 2.45) is 11.8 Å². The van der Waals surface area contributed by atoms with Crippen LogP contribution in [0.25, 0.3) is 0 Å². The van der Waals surface area contributed by atoms with Gasteiger partial charge < -0.3 is 5.32 Å². The fraction of sp³-hybridized carbons (Fsp3) is 0.250. The third-order valence-electron chi connectivity index (χ3n) is 7.53. The number of fused-ring (bicyclic) bond motifs is 4. The van der Waals surface area contributed by atoms with Gasteiger partial charge in [-0.2, -0.15) is 0 Å². The van der Waals surface area contributed by atoms with Crippen LogP contribution >= 0.6 is 11.6 Å². The van der Waals surface area contributed by atoms with Gasteiger partial charge in [-0.3, -0.25) is 24.6 Å². The number of carbonyl (C=O) groups is 3. The van der Waals surface area contributed by atoms with Crippen molar-refractivity contribution >= 4 is 35.0 Å². The van der Waals surface area contributed by atoms with E-state index >= 15 is 0 Å². The summed E-state index contributed by atoms with van der Waals surface area (Å²) in [5.74, 6) is -2.31. The molecule has 176 valence electrons. The lowest BCUT2D eigenvalue weighted by Gasteiger charge is -2.29. The molecule has 3 amide bonds. The lowest BCUT2D eigenvalue weighted by Crippen LogP contribution is -2.53. The Labute approximate surface area is 208 Å². The van der Waals surface area contributed by atoms with Crippen molar-refractivity contribution in [3.05, 3.63) is 101 Å². The highest BCUT2D eigenvalue weighted by atomic mass is 35.5. The average molecular weight is 486 g/mol.